The van der Waals surface area contributed by atoms with Crippen molar-refractivity contribution in [2.75, 3.05) is 12.8 Å². The van der Waals surface area contributed by atoms with E-state index < -0.39 is 17.9 Å². The van der Waals surface area contributed by atoms with Crippen molar-refractivity contribution in [2.45, 2.75) is 12.5 Å². The average molecular weight is 365 g/mol. The third kappa shape index (κ3) is 4.52. The van der Waals surface area contributed by atoms with Gasteiger partial charge in [-0.2, -0.15) is 0 Å². The molecule has 0 saturated carbocycles. The van der Waals surface area contributed by atoms with E-state index in [1.54, 1.807) is 24.3 Å². The van der Waals surface area contributed by atoms with Crippen molar-refractivity contribution in [2.24, 2.45) is 0 Å². The third-order valence-corrected chi connectivity index (χ3v) is 4.01. The number of carbonyl (C=O) groups excluding carboxylic acids is 2. The van der Waals surface area contributed by atoms with E-state index in [0.717, 1.165) is 11.1 Å². The number of rotatable bonds is 6. The van der Waals surface area contributed by atoms with Crippen LogP contribution in [0.4, 0.5) is 5.69 Å². The maximum atomic E-state index is 12.5. The number of nitrogens with zero attached hydrogens (tertiary/aromatic N) is 1. The van der Waals surface area contributed by atoms with Gasteiger partial charge in [-0.3, -0.25) is 4.79 Å². The molecule has 0 spiro atoms. The summed E-state index contributed by atoms with van der Waals surface area (Å²) in [6.45, 7) is 0. The number of benzene rings is 2. The monoisotopic (exact) mass is 365 g/mol. The first kappa shape index (κ1) is 18.2. The van der Waals surface area contributed by atoms with Crippen molar-refractivity contribution in [1.29, 1.82) is 0 Å². The fourth-order valence-corrected chi connectivity index (χ4v) is 2.59. The normalized spacial score (nSPS) is 11.6. The Kier molecular flexibility index (Phi) is 5.51. The van der Waals surface area contributed by atoms with E-state index in [0.29, 0.717) is 17.8 Å². The Bertz CT molecular complexity index is 920. The van der Waals surface area contributed by atoms with Crippen LogP contribution >= 0.6 is 0 Å². The molecule has 1 atom stereocenters. The summed E-state index contributed by atoms with van der Waals surface area (Å²) in [5, 5.41) is 6.54. The summed E-state index contributed by atoms with van der Waals surface area (Å²) in [6.07, 6.45) is 0.304. The summed E-state index contributed by atoms with van der Waals surface area (Å²) >= 11 is 0. The summed E-state index contributed by atoms with van der Waals surface area (Å²) in [5.74, 6) is -1.08. The molecule has 0 fully saturated rings. The van der Waals surface area contributed by atoms with Gasteiger partial charge in [-0.25, -0.2) is 4.79 Å². The number of nitrogens with two attached hydrogens (primary N) is 1. The number of carbonyl (C=O) groups is 2. The first-order valence-corrected chi connectivity index (χ1v) is 8.32. The lowest BCUT2D eigenvalue weighted by atomic mass is 10.1. The van der Waals surface area contributed by atoms with E-state index in [9.17, 15) is 9.59 Å². The highest BCUT2D eigenvalue weighted by molar-refractivity contribution is 5.95. The fourth-order valence-electron chi connectivity index (χ4n) is 2.59. The predicted molar refractivity (Wildman–Crippen MR) is 99.8 cm³/mol. The SMILES string of the molecule is COC(=O)C(Cc1ccccc1)NC(=O)c1cc(-c2ccc(N)cc2)no1. The lowest BCUT2D eigenvalue weighted by molar-refractivity contribution is -0.142. The van der Waals surface area contributed by atoms with Crippen molar-refractivity contribution >= 4 is 17.6 Å². The van der Waals surface area contributed by atoms with Crippen LogP contribution in [-0.4, -0.2) is 30.2 Å². The molecule has 7 heteroatoms. The summed E-state index contributed by atoms with van der Waals surface area (Å²) in [5.41, 5.74) is 8.45. The van der Waals surface area contributed by atoms with Gasteiger partial charge >= 0.3 is 5.97 Å². The molecule has 1 amide bonds. The molecule has 1 aromatic heterocycles. The van der Waals surface area contributed by atoms with Gasteiger partial charge in [0.1, 0.15) is 11.7 Å². The van der Waals surface area contributed by atoms with Crippen LogP contribution in [0.5, 0.6) is 0 Å². The highest BCUT2D eigenvalue weighted by Crippen LogP contribution is 2.20. The number of ether oxygens (including phenoxy) is 1. The molecule has 0 radical (unpaired) electrons. The van der Waals surface area contributed by atoms with E-state index in [4.69, 9.17) is 15.0 Å². The van der Waals surface area contributed by atoms with Crippen LogP contribution in [0.3, 0.4) is 0 Å². The largest absolute Gasteiger partial charge is 0.467 e. The number of hydrogen-bond acceptors (Lipinski definition) is 6. The molecule has 0 aliphatic rings. The minimum atomic E-state index is -0.838. The minimum Gasteiger partial charge on any atom is -0.467 e. The Morgan fingerprint density at radius 2 is 1.85 bits per heavy atom. The molecule has 1 heterocycles. The molecule has 0 aliphatic carbocycles. The van der Waals surface area contributed by atoms with Crippen LogP contribution in [-0.2, 0) is 16.0 Å². The lowest BCUT2D eigenvalue weighted by Gasteiger charge is -2.15. The van der Waals surface area contributed by atoms with Gasteiger partial charge in [0.2, 0.25) is 5.76 Å². The van der Waals surface area contributed by atoms with Crippen molar-refractivity contribution in [3.63, 3.8) is 0 Å². The Hall–Kier alpha value is -3.61. The second-order valence-corrected chi connectivity index (χ2v) is 5.94. The average Bonchev–Trinajstić information content (AvgIpc) is 3.18. The predicted octanol–water partition coefficient (Wildman–Crippen LogP) is 2.44. The molecule has 7 nitrogen and oxygen atoms in total. The second kappa shape index (κ2) is 8.18. The van der Waals surface area contributed by atoms with Gasteiger partial charge in [-0.15, -0.1) is 0 Å². The van der Waals surface area contributed by atoms with Gasteiger partial charge in [-0.1, -0.05) is 47.6 Å². The van der Waals surface area contributed by atoms with Gasteiger partial charge in [-0.05, 0) is 17.7 Å². The maximum absolute atomic E-state index is 12.5. The Balaban J connectivity index is 1.73. The quantitative estimate of drug-likeness (QED) is 0.513. The van der Waals surface area contributed by atoms with Gasteiger partial charge < -0.3 is 20.3 Å². The first-order valence-electron chi connectivity index (χ1n) is 8.32. The molecule has 2 aromatic carbocycles. The molecule has 3 aromatic rings. The molecule has 3 rings (SSSR count). The van der Waals surface area contributed by atoms with Crippen molar-refractivity contribution in [3.8, 4) is 11.3 Å². The molecule has 0 bridgehead atoms. The Morgan fingerprint density at radius 3 is 2.52 bits per heavy atom. The zero-order valence-corrected chi connectivity index (χ0v) is 14.7. The maximum Gasteiger partial charge on any atom is 0.328 e. The van der Waals surface area contributed by atoms with Crippen LogP contribution in [0.2, 0.25) is 0 Å². The number of hydrogen-bond donors (Lipinski definition) is 2. The Labute approximate surface area is 156 Å². The van der Waals surface area contributed by atoms with E-state index in [1.165, 1.54) is 13.2 Å². The van der Waals surface area contributed by atoms with Gasteiger partial charge in [0, 0.05) is 23.7 Å². The highest BCUT2D eigenvalue weighted by atomic mass is 16.5. The molecule has 27 heavy (non-hydrogen) atoms. The topological polar surface area (TPSA) is 107 Å². The molecular weight excluding hydrogens is 346 g/mol. The van der Waals surface area contributed by atoms with Crippen LogP contribution in [0.15, 0.2) is 65.2 Å². The van der Waals surface area contributed by atoms with Gasteiger partial charge in [0.05, 0.1) is 7.11 Å². The van der Waals surface area contributed by atoms with Crippen molar-refractivity contribution in [3.05, 3.63) is 72.0 Å². The van der Waals surface area contributed by atoms with Crippen molar-refractivity contribution < 1.29 is 18.8 Å². The number of esters is 1. The zero-order valence-electron chi connectivity index (χ0n) is 14.7. The standard InChI is InChI=1S/C20H19N3O4/c1-26-20(25)17(11-13-5-3-2-4-6-13)22-19(24)18-12-16(23-27-18)14-7-9-15(21)10-8-14/h2-10,12,17H,11,21H2,1H3,(H,22,24). The van der Waals surface area contributed by atoms with E-state index in [2.05, 4.69) is 10.5 Å². The third-order valence-electron chi connectivity index (χ3n) is 4.01. The summed E-state index contributed by atoms with van der Waals surface area (Å²) in [7, 11) is 1.28. The number of aromatic nitrogens is 1. The number of nitrogens with one attached hydrogen (secondary N) is 1. The zero-order chi connectivity index (χ0) is 19.2. The Morgan fingerprint density at radius 1 is 1.15 bits per heavy atom. The highest BCUT2D eigenvalue weighted by Gasteiger charge is 2.24. The lowest BCUT2D eigenvalue weighted by Crippen LogP contribution is -2.43. The number of anilines is 1. The molecule has 0 aliphatic heterocycles. The van der Waals surface area contributed by atoms with Crippen LogP contribution in [0.1, 0.15) is 16.1 Å². The molecule has 0 saturated heterocycles. The van der Waals surface area contributed by atoms with Gasteiger partial charge in [0.25, 0.3) is 5.91 Å². The van der Waals surface area contributed by atoms with E-state index in [-0.39, 0.29) is 5.76 Å². The van der Waals surface area contributed by atoms with Crippen LogP contribution in [0.25, 0.3) is 11.3 Å². The molecule has 138 valence electrons. The smallest absolute Gasteiger partial charge is 0.328 e. The van der Waals surface area contributed by atoms with E-state index >= 15 is 0 Å². The summed E-state index contributed by atoms with van der Waals surface area (Å²) in [6, 6.07) is 17.0. The van der Waals surface area contributed by atoms with Gasteiger partial charge in [0.15, 0.2) is 0 Å². The van der Waals surface area contributed by atoms with E-state index in [1.807, 2.05) is 30.3 Å². The fraction of sp³-hybridized carbons (Fsp3) is 0.150. The number of nitrogen functional groups attached to an aromatic ring is 1. The second-order valence-electron chi connectivity index (χ2n) is 5.94. The summed E-state index contributed by atoms with van der Waals surface area (Å²) in [4.78, 5) is 24.5. The van der Waals surface area contributed by atoms with Crippen LogP contribution in [0, 0.1) is 0 Å². The van der Waals surface area contributed by atoms with Crippen LogP contribution < -0.4 is 11.1 Å². The summed E-state index contributed by atoms with van der Waals surface area (Å²) < 4.78 is 9.93. The number of methoxy groups -OCH3 is 1. The molecular formula is C20H19N3O4. The molecule has 3 N–H and O–H groups in total. The number of amides is 1. The minimum absolute atomic E-state index is 0.00351. The van der Waals surface area contributed by atoms with Crippen molar-refractivity contribution in [1.82, 2.24) is 10.5 Å². The first-order chi connectivity index (χ1) is 13.1. The molecule has 1 unspecified atom stereocenters.